The number of H-pyrrole nitrogens is 1. The predicted molar refractivity (Wildman–Crippen MR) is 89.3 cm³/mol. The van der Waals surface area contributed by atoms with E-state index in [-0.39, 0.29) is 11.1 Å². The topological polar surface area (TPSA) is 61.6 Å². The standard InChI is InChI=1S/C17H12BrN3O/c1-21-8-4-7-16(21)15-9-12(13(10-19)17(22)20-15)11-5-2-3-6-14(11)18/h2-9H,1H3,(H,20,22). The molecule has 1 aromatic carbocycles. The number of hydrogen-bond acceptors (Lipinski definition) is 2. The molecule has 0 aliphatic heterocycles. The first-order valence-corrected chi connectivity index (χ1v) is 7.45. The highest BCUT2D eigenvalue weighted by Crippen LogP contribution is 2.31. The highest BCUT2D eigenvalue weighted by Gasteiger charge is 2.15. The smallest absolute Gasteiger partial charge is 0.267 e. The van der Waals surface area contributed by atoms with Crippen LogP contribution in [0.4, 0.5) is 0 Å². The maximum Gasteiger partial charge on any atom is 0.267 e. The number of pyridine rings is 1. The highest BCUT2D eigenvalue weighted by atomic mass is 79.9. The van der Waals surface area contributed by atoms with E-state index in [0.29, 0.717) is 11.3 Å². The van der Waals surface area contributed by atoms with E-state index >= 15 is 0 Å². The fourth-order valence-electron chi connectivity index (χ4n) is 2.44. The molecule has 0 spiro atoms. The number of nitriles is 1. The average molecular weight is 354 g/mol. The van der Waals surface area contributed by atoms with Gasteiger partial charge in [-0.3, -0.25) is 4.79 Å². The average Bonchev–Trinajstić information content (AvgIpc) is 2.93. The molecule has 0 atom stereocenters. The molecule has 4 nitrogen and oxygen atoms in total. The Morgan fingerprint density at radius 3 is 2.59 bits per heavy atom. The zero-order chi connectivity index (χ0) is 15.7. The lowest BCUT2D eigenvalue weighted by Gasteiger charge is -2.10. The van der Waals surface area contributed by atoms with Crippen molar-refractivity contribution in [2.45, 2.75) is 0 Å². The zero-order valence-corrected chi connectivity index (χ0v) is 13.4. The van der Waals surface area contributed by atoms with Gasteiger partial charge in [-0.15, -0.1) is 0 Å². The monoisotopic (exact) mass is 353 g/mol. The summed E-state index contributed by atoms with van der Waals surface area (Å²) in [6.45, 7) is 0. The van der Waals surface area contributed by atoms with Crippen LogP contribution in [0.5, 0.6) is 0 Å². The van der Waals surface area contributed by atoms with Crippen molar-refractivity contribution in [1.82, 2.24) is 9.55 Å². The van der Waals surface area contributed by atoms with Gasteiger partial charge in [0.05, 0.1) is 11.4 Å². The Labute approximate surface area is 135 Å². The predicted octanol–water partition coefficient (Wildman–Crippen LogP) is 3.68. The fraction of sp³-hybridized carbons (Fsp3) is 0.0588. The van der Waals surface area contributed by atoms with E-state index in [4.69, 9.17) is 0 Å². The molecular weight excluding hydrogens is 342 g/mol. The van der Waals surface area contributed by atoms with Gasteiger partial charge in [-0.25, -0.2) is 0 Å². The molecule has 0 aliphatic carbocycles. The fourth-order valence-corrected chi connectivity index (χ4v) is 2.94. The first kappa shape index (κ1) is 14.4. The SMILES string of the molecule is Cn1cccc1-c1cc(-c2ccccc2Br)c(C#N)c(=O)[nH]1. The molecule has 22 heavy (non-hydrogen) atoms. The molecule has 0 fully saturated rings. The lowest BCUT2D eigenvalue weighted by molar-refractivity contribution is 0.929. The Morgan fingerprint density at radius 1 is 1.18 bits per heavy atom. The highest BCUT2D eigenvalue weighted by molar-refractivity contribution is 9.10. The summed E-state index contributed by atoms with van der Waals surface area (Å²) < 4.78 is 2.76. The Kier molecular flexibility index (Phi) is 3.70. The Balaban J connectivity index is 2.32. The minimum atomic E-state index is -0.382. The van der Waals surface area contributed by atoms with Crippen LogP contribution in [0, 0.1) is 11.3 Å². The summed E-state index contributed by atoms with van der Waals surface area (Å²) in [5, 5.41) is 9.34. The molecule has 0 saturated heterocycles. The van der Waals surface area contributed by atoms with E-state index < -0.39 is 0 Å². The molecule has 0 bridgehead atoms. The van der Waals surface area contributed by atoms with Crippen molar-refractivity contribution in [1.29, 1.82) is 5.26 Å². The maximum absolute atomic E-state index is 12.3. The molecule has 0 radical (unpaired) electrons. The molecule has 0 amide bonds. The maximum atomic E-state index is 12.3. The number of nitrogens with zero attached hydrogens (tertiary/aromatic N) is 2. The molecule has 0 aliphatic rings. The van der Waals surface area contributed by atoms with Gasteiger partial charge >= 0.3 is 0 Å². The van der Waals surface area contributed by atoms with Crippen molar-refractivity contribution >= 4 is 15.9 Å². The second-order valence-electron chi connectivity index (χ2n) is 4.90. The van der Waals surface area contributed by atoms with Crippen molar-refractivity contribution in [2.75, 3.05) is 0 Å². The van der Waals surface area contributed by atoms with Gasteiger partial charge in [-0.05, 0) is 29.8 Å². The summed E-state index contributed by atoms with van der Waals surface area (Å²) in [5.74, 6) is 0. The summed E-state index contributed by atoms with van der Waals surface area (Å²) >= 11 is 3.48. The summed E-state index contributed by atoms with van der Waals surface area (Å²) in [6, 6.07) is 15.2. The van der Waals surface area contributed by atoms with E-state index in [2.05, 4.69) is 20.9 Å². The van der Waals surface area contributed by atoms with Crippen LogP contribution in [0.2, 0.25) is 0 Å². The molecular formula is C17H12BrN3O. The van der Waals surface area contributed by atoms with E-state index in [1.165, 1.54) is 0 Å². The molecule has 2 aromatic heterocycles. The molecule has 2 heterocycles. The van der Waals surface area contributed by atoms with Crippen molar-refractivity contribution in [2.24, 2.45) is 7.05 Å². The molecule has 3 aromatic rings. The van der Waals surface area contributed by atoms with Gasteiger partial charge in [0.15, 0.2) is 0 Å². The molecule has 108 valence electrons. The second-order valence-corrected chi connectivity index (χ2v) is 5.75. The van der Waals surface area contributed by atoms with Crippen LogP contribution >= 0.6 is 15.9 Å². The third-order valence-electron chi connectivity index (χ3n) is 3.53. The van der Waals surface area contributed by atoms with Crippen LogP contribution in [-0.2, 0) is 7.05 Å². The van der Waals surface area contributed by atoms with Crippen molar-refractivity contribution in [3.05, 3.63) is 69.1 Å². The molecule has 3 rings (SSSR count). The van der Waals surface area contributed by atoms with Crippen molar-refractivity contribution < 1.29 is 0 Å². The molecule has 1 N–H and O–H groups in total. The van der Waals surface area contributed by atoms with E-state index in [0.717, 1.165) is 15.7 Å². The van der Waals surface area contributed by atoms with Gasteiger partial charge in [-0.1, -0.05) is 34.1 Å². The number of aromatic amines is 1. The van der Waals surface area contributed by atoms with Gasteiger partial charge in [0.2, 0.25) is 0 Å². The van der Waals surface area contributed by atoms with E-state index in [1.54, 1.807) is 0 Å². The van der Waals surface area contributed by atoms with Gasteiger partial charge in [0, 0.05) is 23.3 Å². The summed E-state index contributed by atoms with van der Waals surface area (Å²) in [6.07, 6.45) is 1.91. The Morgan fingerprint density at radius 2 is 1.95 bits per heavy atom. The van der Waals surface area contributed by atoms with Gasteiger partial charge in [-0.2, -0.15) is 5.26 Å². The number of aromatic nitrogens is 2. The van der Waals surface area contributed by atoms with Gasteiger partial charge in [0.25, 0.3) is 5.56 Å². The minimum Gasteiger partial charge on any atom is -0.349 e. The first-order chi connectivity index (χ1) is 10.6. The Hall–Kier alpha value is -2.58. The molecule has 0 unspecified atom stereocenters. The van der Waals surface area contributed by atoms with Crippen LogP contribution in [0.15, 0.2) is 57.9 Å². The largest absolute Gasteiger partial charge is 0.349 e. The van der Waals surface area contributed by atoms with Crippen LogP contribution < -0.4 is 5.56 Å². The summed E-state index contributed by atoms with van der Waals surface area (Å²) in [7, 11) is 1.91. The van der Waals surface area contributed by atoms with Gasteiger partial charge < -0.3 is 9.55 Å². The van der Waals surface area contributed by atoms with Crippen LogP contribution in [0.1, 0.15) is 5.56 Å². The number of aryl methyl sites for hydroxylation is 1. The lowest BCUT2D eigenvalue weighted by Crippen LogP contribution is -2.13. The number of nitrogens with one attached hydrogen (secondary N) is 1. The quantitative estimate of drug-likeness (QED) is 0.763. The lowest BCUT2D eigenvalue weighted by atomic mass is 10.0. The van der Waals surface area contributed by atoms with Crippen LogP contribution in [-0.4, -0.2) is 9.55 Å². The summed E-state index contributed by atoms with van der Waals surface area (Å²) in [5.41, 5.74) is 2.74. The van der Waals surface area contributed by atoms with Crippen molar-refractivity contribution in [3.8, 4) is 28.6 Å². The van der Waals surface area contributed by atoms with Crippen LogP contribution in [0.25, 0.3) is 22.5 Å². The second kappa shape index (κ2) is 5.66. The number of benzene rings is 1. The van der Waals surface area contributed by atoms with Gasteiger partial charge in [0.1, 0.15) is 11.6 Å². The zero-order valence-electron chi connectivity index (χ0n) is 11.8. The molecule has 0 saturated carbocycles. The molecule has 5 heteroatoms. The number of rotatable bonds is 2. The first-order valence-electron chi connectivity index (χ1n) is 6.66. The van der Waals surface area contributed by atoms with E-state index in [1.807, 2.05) is 66.3 Å². The third kappa shape index (κ3) is 2.38. The van der Waals surface area contributed by atoms with E-state index in [9.17, 15) is 10.1 Å². The minimum absolute atomic E-state index is 0.116. The summed E-state index contributed by atoms with van der Waals surface area (Å²) in [4.78, 5) is 15.1. The number of halogens is 1. The third-order valence-corrected chi connectivity index (χ3v) is 4.22. The normalized spacial score (nSPS) is 10.4. The number of hydrogen-bond donors (Lipinski definition) is 1. The van der Waals surface area contributed by atoms with Crippen molar-refractivity contribution in [3.63, 3.8) is 0 Å². The Bertz CT molecular complexity index is 947. The van der Waals surface area contributed by atoms with Crippen LogP contribution in [0.3, 0.4) is 0 Å².